The van der Waals surface area contributed by atoms with Crippen molar-refractivity contribution in [3.05, 3.63) is 0 Å². The number of rotatable bonds is 5. The van der Waals surface area contributed by atoms with Crippen LogP contribution in [-0.2, 0) is 9.59 Å². The standard InChI is InChI=1S/C15H27N3O2/c1-3-15(16,4-2)14(20)17-12-7-9-18(10-8-12)13(19)11-5-6-11/h11-12H,3-10,16H2,1-2H3,(H,17,20). The van der Waals surface area contributed by atoms with E-state index in [4.69, 9.17) is 5.73 Å². The summed E-state index contributed by atoms with van der Waals surface area (Å²) >= 11 is 0. The van der Waals surface area contributed by atoms with Gasteiger partial charge in [-0.2, -0.15) is 0 Å². The van der Waals surface area contributed by atoms with Crippen LogP contribution in [0.25, 0.3) is 0 Å². The van der Waals surface area contributed by atoms with E-state index in [2.05, 4.69) is 5.32 Å². The Hall–Kier alpha value is -1.10. The van der Waals surface area contributed by atoms with Crippen molar-refractivity contribution >= 4 is 11.8 Å². The maximum atomic E-state index is 12.2. The maximum absolute atomic E-state index is 12.2. The lowest BCUT2D eigenvalue weighted by Crippen LogP contribution is -2.57. The second-order valence-electron chi connectivity index (χ2n) is 6.21. The number of likely N-dealkylation sites (tertiary alicyclic amines) is 1. The highest BCUT2D eigenvalue weighted by atomic mass is 16.2. The molecular formula is C15H27N3O2. The van der Waals surface area contributed by atoms with Gasteiger partial charge in [0.2, 0.25) is 11.8 Å². The summed E-state index contributed by atoms with van der Waals surface area (Å²) < 4.78 is 0. The Morgan fingerprint density at radius 2 is 1.70 bits per heavy atom. The fourth-order valence-electron chi connectivity index (χ4n) is 2.73. The van der Waals surface area contributed by atoms with Crippen molar-refractivity contribution in [3.8, 4) is 0 Å². The number of carbonyl (C=O) groups is 2. The first kappa shape index (κ1) is 15.3. The van der Waals surface area contributed by atoms with Crippen molar-refractivity contribution in [1.82, 2.24) is 10.2 Å². The fourth-order valence-corrected chi connectivity index (χ4v) is 2.73. The zero-order valence-corrected chi connectivity index (χ0v) is 12.7. The summed E-state index contributed by atoms with van der Waals surface area (Å²) in [5, 5.41) is 3.06. The zero-order chi connectivity index (χ0) is 14.8. The molecule has 0 spiro atoms. The van der Waals surface area contributed by atoms with Crippen molar-refractivity contribution in [2.75, 3.05) is 13.1 Å². The number of hydrogen-bond donors (Lipinski definition) is 2. The van der Waals surface area contributed by atoms with Gasteiger partial charge < -0.3 is 16.0 Å². The van der Waals surface area contributed by atoms with Crippen LogP contribution in [0.2, 0.25) is 0 Å². The largest absolute Gasteiger partial charge is 0.352 e. The molecule has 0 radical (unpaired) electrons. The number of piperidine rings is 1. The minimum absolute atomic E-state index is 0.0468. The molecular weight excluding hydrogens is 254 g/mol. The van der Waals surface area contributed by atoms with E-state index in [1.165, 1.54) is 0 Å². The summed E-state index contributed by atoms with van der Waals surface area (Å²) in [5.74, 6) is 0.553. The molecule has 2 fully saturated rings. The van der Waals surface area contributed by atoms with Crippen molar-refractivity contribution in [2.24, 2.45) is 11.7 Å². The molecule has 0 aromatic carbocycles. The average molecular weight is 281 g/mol. The Balaban J connectivity index is 1.79. The summed E-state index contributed by atoms with van der Waals surface area (Å²) in [5.41, 5.74) is 5.36. The van der Waals surface area contributed by atoms with Crippen LogP contribution in [0.1, 0.15) is 52.4 Å². The Morgan fingerprint density at radius 3 is 2.15 bits per heavy atom. The molecule has 114 valence electrons. The lowest BCUT2D eigenvalue weighted by atomic mass is 9.92. The van der Waals surface area contributed by atoms with Crippen LogP contribution in [0.15, 0.2) is 0 Å². The molecule has 1 saturated carbocycles. The van der Waals surface area contributed by atoms with Crippen molar-refractivity contribution in [1.29, 1.82) is 0 Å². The lowest BCUT2D eigenvalue weighted by molar-refractivity contribution is -0.134. The van der Waals surface area contributed by atoms with Gasteiger partial charge >= 0.3 is 0 Å². The van der Waals surface area contributed by atoms with Gasteiger partial charge in [0.1, 0.15) is 0 Å². The van der Waals surface area contributed by atoms with Crippen molar-refractivity contribution in [2.45, 2.75) is 64.0 Å². The van der Waals surface area contributed by atoms with Gasteiger partial charge in [-0.05, 0) is 38.5 Å². The first-order valence-electron chi connectivity index (χ1n) is 7.88. The Morgan fingerprint density at radius 1 is 1.15 bits per heavy atom. The molecule has 1 aliphatic carbocycles. The number of carbonyl (C=O) groups excluding carboxylic acids is 2. The first-order chi connectivity index (χ1) is 9.50. The Bertz CT molecular complexity index is 367. The van der Waals surface area contributed by atoms with Crippen LogP contribution in [0.5, 0.6) is 0 Å². The molecule has 20 heavy (non-hydrogen) atoms. The van der Waals surface area contributed by atoms with Crippen LogP contribution in [0.3, 0.4) is 0 Å². The second kappa shape index (κ2) is 6.12. The van der Waals surface area contributed by atoms with Gasteiger partial charge in [-0.15, -0.1) is 0 Å². The third kappa shape index (κ3) is 3.32. The van der Waals surface area contributed by atoms with Gasteiger partial charge in [0.25, 0.3) is 0 Å². The smallest absolute Gasteiger partial charge is 0.240 e. The Kier molecular flexibility index (Phi) is 4.68. The highest BCUT2D eigenvalue weighted by molar-refractivity contribution is 5.86. The Labute approximate surface area is 121 Å². The van der Waals surface area contributed by atoms with Gasteiger partial charge in [-0.25, -0.2) is 0 Å². The molecule has 0 unspecified atom stereocenters. The molecule has 2 aliphatic rings. The second-order valence-corrected chi connectivity index (χ2v) is 6.21. The number of nitrogens with two attached hydrogens (primary N) is 1. The van der Waals surface area contributed by atoms with Gasteiger partial charge in [0.05, 0.1) is 5.54 Å². The molecule has 0 atom stereocenters. The summed E-state index contributed by atoms with van der Waals surface area (Å²) in [7, 11) is 0. The summed E-state index contributed by atoms with van der Waals surface area (Å²) in [4.78, 5) is 26.1. The van der Waals surface area contributed by atoms with Crippen LogP contribution in [0, 0.1) is 5.92 Å². The predicted molar refractivity (Wildman–Crippen MR) is 78.0 cm³/mol. The topological polar surface area (TPSA) is 75.4 Å². The molecule has 3 N–H and O–H groups in total. The predicted octanol–water partition coefficient (Wildman–Crippen LogP) is 1.02. The third-order valence-corrected chi connectivity index (χ3v) is 4.78. The van der Waals surface area contributed by atoms with E-state index < -0.39 is 5.54 Å². The minimum Gasteiger partial charge on any atom is -0.352 e. The quantitative estimate of drug-likeness (QED) is 0.790. The van der Waals surface area contributed by atoms with E-state index in [1.807, 2.05) is 18.7 Å². The van der Waals surface area contributed by atoms with E-state index in [9.17, 15) is 9.59 Å². The summed E-state index contributed by atoms with van der Waals surface area (Å²) in [6.07, 6.45) is 5.08. The molecule has 5 heteroatoms. The maximum Gasteiger partial charge on any atom is 0.240 e. The highest BCUT2D eigenvalue weighted by Crippen LogP contribution is 2.31. The summed E-state index contributed by atoms with van der Waals surface area (Å²) in [6.45, 7) is 5.41. The molecule has 0 aromatic heterocycles. The van der Waals surface area contributed by atoms with Crippen molar-refractivity contribution < 1.29 is 9.59 Å². The minimum atomic E-state index is -0.749. The van der Waals surface area contributed by atoms with Gasteiger partial charge in [0.15, 0.2) is 0 Å². The van der Waals surface area contributed by atoms with E-state index in [1.54, 1.807) is 0 Å². The van der Waals surface area contributed by atoms with Crippen LogP contribution >= 0.6 is 0 Å². The average Bonchev–Trinajstić information content (AvgIpc) is 3.31. The monoisotopic (exact) mass is 281 g/mol. The number of amides is 2. The third-order valence-electron chi connectivity index (χ3n) is 4.78. The van der Waals surface area contributed by atoms with E-state index in [0.29, 0.717) is 18.7 Å². The normalized spacial score (nSPS) is 20.9. The molecule has 1 heterocycles. The summed E-state index contributed by atoms with van der Waals surface area (Å²) in [6, 6.07) is 0.159. The highest BCUT2D eigenvalue weighted by Gasteiger charge is 2.36. The van der Waals surface area contributed by atoms with Gasteiger partial charge in [-0.1, -0.05) is 13.8 Å². The molecule has 2 rings (SSSR count). The lowest BCUT2D eigenvalue weighted by Gasteiger charge is -2.35. The van der Waals surface area contributed by atoms with Gasteiger partial charge in [-0.3, -0.25) is 9.59 Å². The molecule has 5 nitrogen and oxygen atoms in total. The van der Waals surface area contributed by atoms with Crippen molar-refractivity contribution in [3.63, 3.8) is 0 Å². The van der Waals surface area contributed by atoms with Crippen LogP contribution in [0.4, 0.5) is 0 Å². The van der Waals surface area contributed by atoms with Crippen LogP contribution in [-0.4, -0.2) is 41.4 Å². The molecule has 0 aromatic rings. The molecule has 2 amide bonds. The van der Waals surface area contributed by atoms with Gasteiger partial charge in [0, 0.05) is 25.0 Å². The molecule has 0 bridgehead atoms. The molecule has 1 aliphatic heterocycles. The van der Waals surface area contributed by atoms with E-state index in [-0.39, 0.29) is 17.9 Å². The first-order valence-corrected chi connectivity index (χ1v) is 7.88. The number of nitrogens with zero attached hydrogens (tertiary/aromatic N) is 1. The molecule has 1 saturated heterocycles. The number of nitrogens with one attached hydrogen (secondary N) is 1. The van der Waals surface area contributed by atoms with Crippen LogP contribution < -0.4 is 11.1 Å². The van der Waals surface area contributed by atoms with E-state index >= 15 is 0 Å². The fraction of sp³-hybridized carbons (Fsp3) is 0.867. The SMILES string of the molecule is CCC(N)(CC)C(=O)NC1CCN(C(=O)C2CC2)CC1. The van der Waals surface area contributed by atoms with E-state index in [0.717, 1.165) is 38.8 Å². The zero-order valence-electron chi connectivity index (χ0n) is 12.7. The number of hydrogen-bond acceptors (Lipinski definition) is 3.